The number of rotatable bonds is 2. The number of hydrogen-bond acceptors (Lipinski definition) is 3. The standard InChI is InChI=1S/C12H12ClNO3/c1-6(13)11(15)8-3-4-10-9(5-8)14-12(16)7(2)17-10/h3-7H,1-2H3,(H,14,16). The number of halogens is 1. The van der Waals surface area contributed by atoms with Gasteiger partial charge in [-0.05, 0) is 32.0 Å². The van der Waals surface area contributed by atoms with E-state index in [2.05, 4.69) is 5.32 Å². The van der Waals surface area contributed by atoms with Crippen molar-refractivity contribution in [1.82, 2.24) is 0 Å². The first-order chi connectivity index (χ1) is 7.99. The molecule has 1 aliphatic heterocycles. The van der Waals surface area contributed by atoms with Gasteiger partial charge in [0.25, 0.3) is 5.91 Å². The Bertz CT molecular complexity index is 485. The van der Waals surface area contributed by atoms with Gasteiger partial charge in [0.05, 0.1) is 11.1 Å². The highest BCUT2D eigenvalue weighted by Gasteiger charge is 2.24. The normalized spacial score (nSPS) is 19.9. The monoisotopic (exact) mass is 253 g/mol. The van der Waals surface area contributed by atoms with E-state index >= 15 is 0 Å². The second-order valence-electron chi connectivity index (χ2n) is 3.94. The fourth-order valence-electron chi connectivity index (χ4n) is 1.59. The van der Waals surface area contributed by atoms with Gasteiger partial charge in [0.2, 0.25) is 0 Å². The van der Waals surface area contributed by atoms with Crippen LogP contribution >= 0.6 is 11.6 Å². The number of amides is 1. The summed E-state index contributed by atoms with van der Waals surface area (Å²) in [5, 5.41) is 2.09. The van der Waals surface area contributed by atoms with Gasteiger partial charge in [0, 0.05) is 5.56 Å². The first kappa shape index (κ1) is 11.9. The molecule has 4 nitrogen and oxygen atoms in total. The number of alkyl halides is 1. The van der Waals surface area contributed by atoms with E-state index in [1.807, 2.05) is 0 Å². The summed E-state index contributed by atoms with van der Waals surface area (Å²) in [5.41, 5.74) is 0.973. The summed E-state index contributed by atoms with van der Waals surface area (Å²) in [5.74, 6) is 0.166. The minimum absolute atomic E-state index is 0.178. The molecular formula is C12H12ClNO3. The van der Waals surface area contributed by atoms with E-state index in [4.69, 9.17) is 16.3 Å². The maximum Gasteiger partial charge on any atom is 0.265 e. The number of nitrogens with one attached hydrogen (secondary N) is 1. The Hall–Kier alpha value is -1.55. The SMILES string of the molecule is CC(Cl)C(=O)c1ccc2c(c1)NC(=O)C(C)O2. The van der Waals surface area contributed by atoms with Crippen LogP contribution in [0.3, 0.4) is 0 Å². The minimum atomic E-state index is -0.591. The van der Waals surface area contributed by atoms with Gasteiger partial charge in [-0.3, -0.25) is 9.59 Å². The number of Topliss-reactive ketones (excluding diaryl/α,β-unsaturated/α-hetero) is 1. The number of carbonyl (C=O) groups excluding carboxylic acids is 2. The smallest absolute Gasteiger partial charge is 0.265 e. The lowest BCUT2D eigenvalue weighted by Gasteiger charge is -2.23. The number of anilines is 1. The van der Waals surface area contributed by atoms with Crippen LogP contribution in [0, 0.1) is 0 Å². The van der Waals surface area contributed by atoms with Crippen LogP contribution < -0.4 is 10.1 Å². The number of carbonyl (C=O) groups is 2. The van der Waals surface area contributed by atoms with Crippen LogP contribution in [-0.4, -0.2) is 23.2 Å². The quantitative estimate of drug-likeness (QED) is 0.649. The molecule has 1 aliphatic rings. The van der Waals surface area contributed by atoms with E-state index in [1.54, 1.807) is 32.0 Å². The molecule has 1 N–H and O–H groups in total. The van der Waals surface area contributed by atoms with Gasteiger partial charge in [-0.25, -0.2) is 0 Å². The summed E-state index contributed by atoms with van der Waals surface area (Å²) in [7, 11) is 0. The van der Waals surface area contributed by atoms with Crippen molar-refractivity contribution in [2.24, 2.45) is 0 Å². The fourth-order valence-corrected chi connectivity index (χ4v) is 1.72. The van der Waals surface area contributed by atoms with Gasteiger partial charge in [-0.2, -0.15) is 0 Å². The second-order valence-corrected chi connectivity index (χ2v) is 4.60. The molecular weight excluding hydrogens is 242 g/mol. The minimum Gasteiger partial charge on any atom is -0.479 e. The van der Waals surface area contributed by atoms with Gasteiger partial charge in [-0.15, -0.1) is 11.6 Å². The zero-order valence-corrected chi connectivity index (χ0v) is 10.2. The van der Waals surface area contributed by atoms with Crippen molar-refractivity contribution in [1.29, 1.82) is 0 Å². The van der Waals surface area contributed by atoms with Crippen LogP contribution in [0.1, 0.15) is 24.2 Å². The van der Waals surface area contributed by atoms with Crippen molar-refractivity contribution in [3.63, 3.8) is 0 Å². The molecule has 17 heavy (non-hydrogen) atoms. The largest absolute Gasteiger partial charge is 0.479 e. The topological polar surface area (TPSA) is 55.4 Å². The molecule has 0 aliphatic carbocycles. The highest BCUT2D eigenvalue weighted by molar-refractivity contribution is 6.33. The Morgan fingerprint density at radius 1 is 1.53 bits per heavy atom. The number of hydrogen-bond donors (Lipinski definition) is 1. The Balaban J connectivity index is 2.35. The lowest BCUT2D eigenvalue weighted by molar-refractivity contribution is -0.122. The predicted octanol–water partition coefficient (Wildman–Crippen LogP) is 2.22. The number of ketones is 1. The lowest BCUT2D eigenvalue weighted by atomic mass is 10.1. The van der Waals surface area contributed by atoms with Crippen LogP contribution in [0.15, 0.2) is 18.2 Å². The van der Waals surface area contributed by atoms with Crippen molar-refractivity contribution < 1.29 is 14.3 Å². The summed E-state index contributed by atoms with van der Waals surface area (Å²) in [4.78, 5) is 23.1. The third kappa shape index (κ3) is 2.26. The van der Waals surface area contributed by atoms with Crippen molar-refractivity contribution in [3.05, 3.63) is 23.8 Å². The Kier molecular flexibility index (Phi) is 3.07. The van der Waals surface area contributed by atoms with Crippen molar-refractivity contribution in [2.45, 2.75) is 25.3 Å². The molecule has 1 heterocycles. The average molecular weight is 254 g/mol. The molecule has 2 unspecified atom stereocenters. The predicted molar refractivity (Wildman–Crippen MR) is 64.8 cm³/mol. The maximum atomic E-state index is 11.7. The van der Waals surface area contributed by atoms with E-state index in [9.17, 15) is 9.59 Å². The summed E-state index contributed by atoms with van der Waals surface area (Å²) >= 11 is 5.73. The maximum absolute atomic E-state index is 11.7. The van der Waals surface area contributed by atoms with E-state index < -0.39 is 11.5 Å². The first-order valence-electron chi connectivity index (χ1n) is 5.29. The Morgan fingerprint density at radius 2 is 2.24 bits per heavy atom. The third-order valence-electron chi connectivity index (χ3n) is 2.56. The molecule has 90 valence electrons. The molecule has 0 bridgehead atoms. The Labute approximate surface area is 104 Å². The summed E-state index contributed by atoms with van der Waals surface area (Å²) in [6, 6.07) is 4.89. The summed E-state index contributed by atoms with van der Waals surface area (Å²) in [6.45, 7) is 3.28. The van der Waals surface area contributed by atoms with Crippen LogP contribution in [0.4, 0.5) is 5.69 Å². The Morgan fingerprint density at radius 3 is 2.88 bits per heavy atom. The van der Waals surface area contributed by atoms with E-state index in [0.29, 0.717) is 17.0 Å². The molecule has 0 radical (unpaired) electrons. The van der Waals surface area contributed by atoms with Gasteiger partial charge < -0.3 is 10.1 Å². The zero-order chi connectivity index (χ0) is 12.6. The average Bonchev–Trinajstić information content (AvgIpc) is 2.29. The molecule has 0 aromatic heterocycles. The molecule has 0 saturated carbocycles. The number of ether oxygens (including phenoxy) is 1. The van der Waals surface area contributed by atoms with Crippen LogP contribution in [0.25, 0.3) is 0 Å². The van der Waals surface area contributed by atoms with Crippen LogP contribution in [0.2, 0.25) is 0 Å². The molecule has 1 amide bonds. The molecule has 2 rings (SSSR count). The lowest BCUT2D eigenvalue weighted by Crippen LogP contribution is -2.34. The molecule has 1 aromatic carbocycles. The van der Waals surface area contributed by atoms with E-state index in [0.717, 1.165) is 0 Å². The highest BCUT2D eigenvalue weighted by Crippen LogP contribution is 2.30. The van der Waals surface area contributed by atoms with Gasteiger partial charge in [0.15, 0.2) is 11.9 Å². The van der Waals surface area contributed by atoms with Crippen LogP contribution in [-0.2, 0) is 4.79 Å². The molecule has 0 saturated heterocycles. The highest BCUT2D eigenvalue weighted by atomic mass is 35.5. The summed E-state index contributed by atoms with van der Waals surface area (Å²) < 4.78 is 5.38. The van der Waals surface area contributed by atoms with Crippen molar-refractivity contribution in [2.75, 3.05) is 5.32 Å². The van der Waals surface area contributed by atoms with Crippen molar-refractivity contribution in [3.8, 4) is 5.75 Å². The molecule has 1 aromatic rings. The summed E-state index contributed by atoms with van der Waals surface area (Å²) in [6.07, 6.45) is -0.518. The molecule has 0 spiro atoms. The van der Waals surface area contributed by atoms with Gasteiger partial charge in [0.1, 0.15) is 5.75 Å². The second kappa shape index (κ2) is 4.37. The fraction of sp³-hybridized carbons (Fsp3) is 0.333. The first-order valence-corrected chi connectivity index (χ1v) is 5.72. The van der Waals surface area contributed by atoms with Crippen molar-refractivity contribution >= 4 is 29.0 Å². The van der Waals surface area contributed by atoms with Gasteiger partial charge >= 0.3 is 0 Å². The zero-order valence-electron chi connectivity index (χ0n) is 9.49. The number of fused-ring (bicyclic) bond motifs is 1. The van der Waals surface area contributed by atoms with E-state index in [-0.39, 0.29) is 11.7 Å². The number of benzene rings is 1. The molecule has 5 heteroatoms. The molecule has 2 atom stereocenters. The van der Waals surface area contributed by atoms with Crippen LogP contribution in [0.5, 0.6) is 5.75 Å². The van der Waals surface area contributed by atoms with E-state index in [1.165, 1.54) is 0 Å². The van der Waals surface area contributed by atoms with Gasteiger partial charge in [-0.1, -0.05) is 0 Å². The molecule has 0 fully saturated rings. The third-order valence-corrected chi connectivity index (χ3v) is 2.75.